The number of aliphatic imine (C=N–C) groups is 1. The van der Waals surface area contributed by atoms with Gasteiger partial charge in [-0.1, -0.05) is 38.5 Å². The van der Waals surface area contributed by atoms with Gasteiger partial charge in [-0.05, 0) is 25.7 Å². The molecule has 0 bridgehead atoms. The molecular weight excluding hydrogens is 286 g/mol. The standard InChI is InChI=1S/C15H29N3O2S/c1-21(19,20)15(10-6-7-11-15)12-17-14(16)18-13-8-4-2-3-5-9-13/h13H,2-12H2,1H3,(H3,16,17,18). The van der Waals surface area contributed by atoms with Crippen molar-refractivity contribution in [1.82, 2.24) is 5.32 Å². The minimum Gasteiger partial charge on any atom is -0.370 e. The Morgan fingerprint density at radius 3 is 2.24 bits per heavy atom. The first kappa shape index (κ1) is 16.6. The van der Waals surface area contributed by atoms with Gasteiger partial charge in [-0.2, -0.15) is 0 Å². The van der Waals surface area contributed by atoms with E-state index < -0.39 is 14.6 Å². The van der Waals surface area contributed by atoms with Gasteiger partial charge in [-0.25, -0.2) is 8.42 Å². The maximum absolute atomic E-state index is 12.1. The van der Waals surface area contributed by atoms with Gasteiger partial charge in [-0.15, -0.1) is 0 Å². The molecule has 0 atom stereocenters. The van der Waals surface area contributed by atoms with E-state index in [2.05, 4.69) is 10.3 Å². The fourth-order valence-electron chi connectivity index (χ4n) is 3.57. The van der Waals surface area contributed by atoms with Crippen molar-refractivity contribution in [2.45, 2.75) is 75.0 Å². The van der Waals surface area contributed by atoms with Crippen molar-refractivity contribution in [2.75, 3.05) is 12.8 Å². The Labute approximate surface area is 128 Å². The summed E-state index contributed by atoms with van der Waals surface area (Å²) in [4.78, 5) is 4.37. The van der Waals surface area contributed by atoms with Crippen LogP contribution in [-0.2, 0) is 9.84 Å². The van der Waals surface area contributed by atoms with Crippen LogP contribution in [0.4, 0.5) is 0 Å². The van der Waals surface area contributed by atoms with Crippen LogP contribution in [0, 0.1) is 0 Å². The number of nitrogens with one attached hydrogen (secondary N) is 1. The summed E-state index contributed by atoms with van der Waals surface area (Å²) in [5.74, 6) is 0.414. The highest BCUT2D eigenvalue weighted by Gasteiger charge is 2.43. The van der Waals surface area contributed by atoms with Gasteiger partial charge in [0.2, 0.25) is 0 Å². The van der Waals surface area contributed by atoms with E-state index in [1.807, 2.05) is 0 Å². The molecule has 0 aliphatic heterocycles. The maximum atomic E-state index is 12.1. The highest BCUT2D eigenvalue weighted by atomic mass is 32.2. The van der Waals surface area contributed by atoms with Crippen molar-refractivity contribution in [1.29, 1.82) is 0 Å². The number of hydrogen-bond donors (Lipinski definition) is 2. The lowest BCUT2D eigenvalue weighted by Crippen LogP contribution is -2.43. The largest absolute Gasteiger partial charge is 0.370 e. The van der Waals surface area contributed by atoms with Gasteiger partial charge in [0.25, 0.3) is 0 Å². The Bertz CT molecular complexity index is 459. The molecule has 2 saturated carbocycles. The van der Waals surface area contributed by atoms with Crippen LogP contribution in [0.15, 0.2) is 4.99 Å². The molecule has 2 fully saturated rings. The molecule has 0 radical (unpaired) electrons. The first-order chi connectivity index (χ1) is 9.93. The number of guanidine groups is 1. The number of nitrogens with zero attached hydrogens (tertiary/aromatic N) is 1. The molecule has 122 valence electrons. The molecule has 2 aliphatic rings. The quantitative estimate of drug-likeness (QED) is 0.472. The van der Waals surface area contributed by atoms with Crippen LogP contribution in [-0.4, -0.2) is 38.0 Å². The SMILES string of the molecule is CS(=O)(=O)C1(CN=C(N)NC2CCCCCC2)CCCC1. The number of sulfone groups is 1. The summed E-state index contributed by atoms with van der Waals surface area (Å²) < 4.78 is 23.5. The predicted octanol–water partition coefficient (Wildman–Crippen LogP) is 1.97. The lowest BCUT2D eigenvalue weighted by molar-refractivity contribution is 0.514. The highest BCUT2D eigenvalue weighted by Crippen LogP contribution is 2.36. The van der Waals surface area contributed by atoms with Crippen molar-refractivity contribution >= 4 is 15.8 Å². The molecule has 0 aromatic rings. The molecule has 3 N–H and O–H groups in total. The minimum atomic E-state index is -3.09. The van der Waals surface area contributed by atoms with Crippen molar-refractivity contribution in [3.63, 3.8) is 0 Å². The molecule has 0 amide bonds. The summed E-state index contributed by atoms with van der Waals surface area (Å²) >= 11 is 0. The molecule has 0 aromatic carbocycles. The van der Waals surface area contributed by atoms with E-state index in [-0.39, 0.29) is 0 Å². The van der Waals surface area contributed by atoms with Crippen LogP contribution in [0.1, 0.15) is 64.2 Å². The topological polar surface area (TPSA) is 84.5 Å². The summed E-state index contributed by atoms with van der Waals surface area (Å²) in [6.07, 6.45) is 12.0. The Morgan fingerprint density at radius 2 is 1.71 bits per heavy atom. The van der Waals surface area contributed by atoms with Crippen LogP contribution in [0.5, 0.6) is 0 Å². The minimum absolute atomic E-state index is 0.303. The second-order valence-electron chi connectivity index (χ2n) is 6.70. The Kier molecular flexibility index (Phi) is 5.52. The van der Waals surface area contributed by atoms with Gasteiger partial charge in [-0.3, -0.25) is 4.99 Å². The van der Waals surface area contributed by atoms with Gasteiger partial charge in [0, 0.05) is 12.3 Å². The van der Waals surface area contributed by atoms with Gasteiger partial charge in [0.1, 0.15) is 0 Å². The van der Waals surface area contributed by atoms with Crippen LogP contribution in [0.3, 0.4) is 0 Å². The zero-order valence-corrected chi connectivity index (χ0v) is 13.9. The summed E-state index contributed by atoms with van der Waals surface area (Å²) in [5, 5.41) is 3.28. The number of hydrogen-bond acceptors (Lipinski definition) is 3. The third kappa shape index (κ3) is 4.34. The lowest BCUT2D eigenvalue weighted by atomic mass is 10.1. The first-order valence-corrected chi connectivity index (χ1v) is 10.1. The van der Waals surface area contributed by atoms with Crippen molar-refractivity contribution in [2.24, 2.45) is 10.7 Å². The van der Waals surface area contributed by atoms with Crippen molar-refractivity contribution in [3.05, 3.63) is 0 Å². The molecule has 2 aliphatic carbocycles. The van der Waals surface area contributed by atoms with Gasteiger partial charge >= 0.3 is 0 Å². The number of rotatable bonds is 4. The second-order valence-corrected chi connectivity index (χ2v) is 9.11. The van der Waals surface area contributed by atoms with Gasteiger partial charge < -0.3 is 11.1 Å². The second kappa shape index (κ2) is 6.99. The smallest absolute Gasteiger partial charge is 0.188 e. The third-order valence-electron chi connectivity index (χ3n) is 5.05. The summed E-state index contributed by atoms with van der Waals surface area (Å²) in [5.41, 5.74) is 5.98. The molecule has 0 spiro atoms. The fourth-order valence-corrected chi connectivity index (χ4v) is 4.90. The van der Waals surface area contributed by atoms with E-state index in [0.29, 0.717) is 31.4 Å². The molecule has 5 nitrogen and oxygen atoms in total. The van der Waals surface area contributed by atoms with E-state index in [4.69, 9.17) is 5.73 Å². The van der Waals surface area contributed by atoms with Crippen molar-refractivity contribution < 1.29 is 8.42 Å². The predicted molar refractivity (Wildman–Crippen MR) is 87.2 cm³/mol. The van der Waals surface area contributed by atoms with Gasteiger partial charge in [0.15, 0.2) is 15.8 Å². The van der Waals surface area contributed by atoms with Gasteiger partial charge in [0.05, 0.1) is 11.3 Å². The Balaban J connectivity index is 1.95. The summed E-state index contributed by atoms with van der Waals surface area (Å²) in [6.45, 7) is 0.303. The lowest BCUT2D eigenvalue weighted by Gasteiger charge is -2.25. The molecule has 0 saturated heterocycles. The highest BCUT2D eigenvalue weighted by molar-refractivity contribution is 7.92. The van der Waals surface area contributed by atoms with Crippen LogP contribution in [0.25, 0.3) is 0 Å². The zero-order chi connectivity index (χ0) is 15.3. The van der Waals surface area contributed by atoms with Crippen LogP contribution in [0.2, 0.25) is 0 Å². The van der Waals surface area contributed by atoms with E-state index >= 15 is 0 Å². The molecule has 6 heteroatoms. The Hall–Kier alpha value is -0.780. The molecule has 0 heterocycles. The van der Waals surface area contributed by atoms with E-state index in [9.17, 15) is 8.42 Å². The molecule has 0 unspecified atom stereocenters. The molecule has 21 heavy (non-hydrogen) atoms. The fraction of sp³-hybridized carbons (Fsp3) is 0.933. The number of nitrogens with two attached hydrogens (primary N) is 1. The third-order valence-corrected chi connectivity index (χ3v) is 7.16. The zero-order valence-electron chi connectivity index (χ0n) is 13.1. The van der Waals surface area contributed by atoms with E-state index in [0.717, 1.165) is 25.7 Å². The molecule has 0 aromatic heterocycles. The summed E-state index contributed by atoms with van der Waals surface area (Å²) in [7, 11) is -3.09. The first-order valence-electron chi connectivity index (χ1n) is 8.19. The van der Waals surface area contributed by atoms with E-state index in [1.165, 1.54) is 31.9 Å². The average molecular weight is 315 g/mol. The average Bonchev–Trinajstić information content (AvgIpc) is 2.77. The Morgan fingerprint density at radius 1 is 1.14 bits per heavy atom. The maximum Gasteiger partial charge on any atom is 0.188 e. The molecular formula is C15H29N3O2S. The van der Waals surface area contributed by atoms with Crippen LogP contribution < -0.4 is 11.1 Å². The van der Waals surface area contributed by atoms with E-state index in [1.54, 1.807) is 0 Å². The van der Waals surface area contributed by atoms with Crippen LogP contribution >= 0.6 is 0 Å². The van der Waals surface area contributed by atoms with Crippen molar-refractivity contribution in [3.8, 4) is 0 Å². The monoisotopic (exact) mass is 315 g/mol. The normalized spacial score (nSPS) is 24.7. The summed E-state index contributed by atoms with van der Waals surface area (Å²) in [6, 6.07) is 0.397. The molecule has 2 rings (SSSR count).